The number of likely N-dealkylation sites (N-methyl/N-ethyl adjacent to an activating group) is 1. The highest BCUT2D eigenvalue weighted by Gasteiger charge is 2.38. The first-order valence-corrected chi connectivity index (χ1v) is 9.04. The van der Waals surface area contributed by atoms with Crippen molar-refractivity contribution >= 4 is 33.7 Å². The first kappa shape index (κ1) is 18.9. The second-order valence-electron chi connectivity index (χ2n) is 6.11. The lowest BCUT2D eigenvalue weighted by Crippen LogP contribution is -2.39. The van der Waals surface area contributed by atoms with E-state index in [4.69, 9.17) is 10.5 Å². The zero-order valence-corrected chi connectivity index (χ0v) is 15.7. The molecule has 8 nitrogen and oxygen atoms in total. The van der Waals surface area contributed by atoms with Crippen LogP contribution >= 0.6 is 11.3 Å². The molecular weight excluding hydrogens is 368 g/mol. The average Bonchev–Trinajstić information content (AvgIpc) is 3.02. The fourth-order valence-electron chi connectivity index (χ4n) is 3.33. The quantitative estimate of drug-likeness (QED) is 0.320. The second-order valence-corrected chi connectivity index (χ2v) is 7.19. The summed E-state index contributed by atoms with van der Waals surface area (Å²) in [5.74, 6) is -0.491. The Bertz CT molecular complexity index is 908. The standard InChI is InChI=1S/C18H20N4O4S/c1-22-9-8-11-12(18(23)26-2)17(19)27-16(11)15(22)14(21-25)13(20-24)10-6-4-3-5-7-10/h3-7,15,24-25H,8-9,19H2,1-2H3. The average molecular weight is 388 g/mol. The molecule has 1 unspecified atom stereocenters. The summed E-state index contributed by atoms with van der Waals surface area (Å²) in [5, 5.41) is 26.6. The van der Waals surface area contributed by atoms with Crippen molar-refractivity contribution in [1.82, 2.24) is 4.90 Å². The first-order chi connectivity index (χ1) is 13.0. The normalized spacial score (nSPS) is 18.2. The van der Waals surface area contributed by atoms with E-state index in [1.165, 1.54) is 18.4 Å². The van der Waals surface area contributed by atoms with Gasteiger partial charge in [-0.2, -0.15) is 0 Å². The van der Waals surface area contributed by atoms with Crippen LogP contribution in [0.3, 0.4) is 0 Å². The number of fused-ring (bicyclic) bond motifs is 1. The smallest absolute Gasteiger partial charge is 0.341 e. The maximum Gasteiger partial charge on any atom is 0.341 e. The molecule has 1 aliphatic heterocycles. The van der Waals surface area contributed by atoms with Gasteiger partial charge in [0.15, 0.2) is 0 Å². The highest BCUT2D eigenvalue weighted by molar-refractivity contribution is 7.16. The van der Waals surface area contributed by atoms with E-state index >= 15 is 0 Å². The Hall–Kier alpha value is -2.91. The fraction of sp³-hybridized carbons (Fsp3) is 0.278. The van der Waals surface area contributed by atoms with Gasteiger partial charge in [-0.3, -0.25) is 4.90 Å². The molecule has 0 aliphatic carbocycles. The molecular formula is C18H20N4O4S. The van der Waals surface area contributed by atoms with Gasteiger partial charge in [0.05, 0.1) is 18.7 Å². The summed E-state index contributed by atoms with van der Waals surface area (Å²) < 4.78 is 4.86. The van der Waals surface area contributed by atoms with Crippen LogP contribution in [0.4, 0.5) is 5.00 Å². The molecule has 0 fully saturated rings. The Morgan fingerprint density at radius 3 is 2.59 bits per heavy atom. The third-order valence-electron chi connectivity index (χ3n) is 4.62. The maximum absolute atomic E-state index is 12.2. The van der Waals surface area contributed by atoms with E-state index in [1.54, 1.807) is 24.3 Å². The predicted molar refractivity (Wildman–Crippen MR) is 103 cm³/mol. The number of anilines is 1. The van der Waals surface area contributed by atoms with Crippen molar-refractivity contribution in [3.8, 4) is 0 Å². The fourth-order valence-corrected chi connectivity index (χ4v) is 4.61. The van der Waals surface area contributed by atoms with Gasteiger partial charge in [-0.25, -0.2) is 4.79 Å². The summed E-state index contributed by atoms with van der Waals surface area (Å²) in [6, 6.07) is 8.42. The van der Waals surface area contributed by atoms with Crippen molar-refractivity contribution < 1.29 is 19.9 Å². The van der Waals surface area contributed by atoms with E-state index < -0.39 is 12.0 Å². The molecule has 4 N–H and O–H groups in total. The van der Waals surface area contributed by atoms with Crippen LogP contribution in [-0.2, 0) is 11.2 Å². The lowest BCUT2D eigenvalue weighted by molar-refractivity contribution is 0.0600. The van der Waals surface area contributed by atoms with E-state index in [9.17, 15) is 15.2 Å². The molecule has 3 rings (SSSR count). The van der Waals surface area contributed by atoms with Gasteiger partial charge in [-0.15, -0.1) is 11.3 Å². The Balaban J connectivity index is 2.13. The number of hydrogen-bond acceptors (Lipinski definition) is 9. The van der Waals surface area contributed by atoms with Gasteiger partial charge in [-0.1, -0.05) is 40.6 Å². The molecule has 142 valence electrons. The van der Waals surface area contributed by atoms with Gasteiger partial charge in [-0.05, 0) is 19.0 Å². The summed E-state index contributed by atoms with van der Waals surface area (Å²) in [6.45, 7) is 0.602. The summed E-state index contributed by atoms with van der Waals surface area (Å²) >= 11 is 1.25. The number of thiophene rings is 1. The van der Waals surface area contributed by atoms with Crippen LogP contribution in [0.5, 0.6) is 0 Å². The van der Waals surface area contributed by atoms with E-state index in [0.29, 0.717) is 29.1 Å². The maximum atomic E-state index is 12.2. The number of nitrogens with zero attached hydrogens (tertiary/aromatic N) is 3. The van der Waals surface area contributed by atoms with Crippen LogP contribution in [0.25, 0.3) is 0 Å². The predicted octanol–water partition coefficient (Wildman–Crippen LogP) is 2.35. The van der Waals surface area contributed by atoms with Crippen molar-refractivity contribution in [2.75, 3.05) is 26.4 Å². The van der Waals surface area contributed by atoms with Gasteiger partial charge < -0.3 is 20.9 Å². The summed E-state index contributed by atoms with van der Waals surface area (Å²) in [6.07, 6.45) is 0.607. The summed E-state index contributed by atoms with van der Waals surface area (Å²) in [5.41, 5.74) is 8.14. The Labute approximate surface area is 160 Å². The molecule has 0 bridgehead atoms. The third kappa shape index (κ3) is 3.26. The number of oxime groups is 2. The number of hydrogen-bond donors (Lipinski definition) is 3. The number of rotatable bonds is 4. The molecule has 27 heavy (non-hydrogen) atoms. The molecule has 2 heterocycles. The van der Waals surface area contributed by atoms with Crippen molar-refractivity contribution in [3.05, 3.63) is 51.9 Å². The zero-order chi connectivity index (χ0) is 19.6. The molecule has 1 aromatic heterocycles. The SMILES string of the molecule is COC(=O)c1c(N)sc2c1CCN(C)C2C(=NO)C(=NO)c1ccccc1. The minimum Gasteiger partial charge on any atom is -0.465 e. The molecule has 1 aliphatic rings. The minimum atomic E-state index is -0.518. The molecule has 0 saturated heterocycles. The molecule has 9 heteroatoms. The summed E-state index contributed by atoms with van der Waals surface area (Å²) in [4.78, 5) is 14.9. The molecule has 0 spiro atoms. The lowest BCUT2D eigenvalue weighted by Gasteiger charge is -2.33. The molecule has 1 atom stereocenters. The van der Waals surface area contributed by atoms with Crippen LogP contribution < -0.4 is 5.73 Å². The van der Waals surface area contributed by atoms with Gasteiger partial charge in [0.1, 0.15) is 16.4 Å². The van der Waals surface area contributed by atoms with E-state index in [2.05, 4.69) is 10.3 Å². The van der Waals surface area contributed by atoms with Crippen LogP contribution in [0, 0.1) is 0 Å². The number of carbonyl (C=O) groups excluding carboxylic acids is 1. The number of benzene rings is 1. The van der Waals surface area contributed by atoms with Gasteiger partial charge in [0.25, 0.3) is 0 Å². The van der Waals surface area contributed by atoms with Crippen LogP contribution in [-0.4, -0.2) is 53.4 Å². The van der Waals surface area contributed by atoms with E-state index in [0.717, 1.165) is 10.4 Å². The largest absolute Gasteiger partial charge is 0.465 e. The Kier molecular flexibility index (Phi) is 5.43. The summed E-state index contributed by atoms with van der Waals surface area (Å²) in [7, 11) is 3.18. The van der Waals surface area contributed by atoms with Crippen molar-refractivity contribution in [1.29, 1.82) is 0 Å². The van der Waals surface area contributed by atoms with E-state index in [-0.39, 0.29) is 11.4 Å². The van der Waals surface area contributed by atoms with Crippen LogP contribution in [0.1, 0.15) is 32.4 Å². The molecule has 0 amide bonds. The first-order valence-electron chi connectivity index (χ1n) is 8.22. The monoisotopic (exact) mass is 388 g/mol. The number of esters is 1. The molecule has 0 radical (unpaired) electrons. The number of carbonyl (C=O) groups is 1. The highest BCUT2D eigenvalue weighted by Crippen LogP contribution is 2.42. The number of ether oxygens (including phenoxy) is 1. The number of nitrogen functional groups attached to an aromatic ring is 1. The van der Waals surface area contributed by atoms with Crippen LogP contribution in [0.15, 0.2) is 40.6 Å². The lowest BCUT2D eigenvalue weighted by atomic mass is 9.91. The van der Waals surface area contributed by atoms with Crippen LogP contribution in [0.2, 0.25) is 0 Å². The third-order valence-corrected chi connectivity index (χ3v) is 5.73. The number of methoxy groups -OCH3 is 1. The minimum absolute atomic E-state index is 0.148. The topological polar surface area (TPSA) is 121 Å². The van der Waals surface area contributed by atoms with Gasteiger partial charge in [0.2, 0.25) is 0 Å². The van der Waals surface area contributed by atoms with Crippen molar-refractivity contribution in [2.24, 2.45) is 10.3 Å². The van der Waals surface area contributed by atoms with Crippen molar-refractivity contribution in [2.45, 2.75) is 12.5 Å². The molecule has 0 saturated carbocycles. The number of nitrogens with two attached hydrogens (primary N) is 1. The highest BCUT2D eigenvalue weighted by atomic mass is 32.1. The Morgan fingerprint density at radius 2 is 2.00 bits per heavy atom. The van der Waals surface area contributed by atoms with Crippen molar-refractivity contribution in [3.63, 3.8) is 0 Å². The molecule has 2 aromatic rings. The zero-order valence-electron chi connectivity index (χ0n) is 14.9. The Morgan fingerprint density at radius 1 is 1.30 bits per heavy atom. The van der Waals surface area contributed by atoms with Gasteiger partial charge in [0, 0.05) is 17.0 Å². The van der Waals surface area contributed by atoms with Gasteiger partial charge >= 0.3 is 5.97 Å². The van der Waals surface area contributed by atoms with E-state index in [1.807, 2.05) is 18.0 Å². The molecule has 1 aromatic carbocycles. The second kappa shape index (κ2) is 7.77.